The molecule has 2 aromatic carbocycles. The second-order valence-corrected chi connectivity index (χ2v) is 7.58. The molecular formula is C23H21ClN4O2. The molecule has 6 nitrogen and oxygen atoms in total. The Morgan fingerprint density at radius 1 is 1.10 bits per heavy atom. The molecule has 2 aliphatic heterocycles. The summed E-state index contributed by atoms with van der Waals surface area (Å²) in [4.78, 5) is 35.5. The summed E-state index contributed by atoms with van der Waals surface area (Å²) in [6, 6.07) is 16.7. The van der Waals surface area contributed by atoms with Crippen LogP contribution in [0.2, 0.25) is 5.02 Å². The summed E-state index contributed by atoms with van der Waals surface area (Å²) in [6.07, 6.45) is 3.66. The predicted molar refractivity (Wildman–Crippen MR) is 118 cm³/mol. The van der Waals surface area contributed by atoms with E-state index in [2.05, 4.69) is 15.3 Å². The quantitative estimate of drug-likeness (QED) is 0.820. The monoisotopic (exact) mass is 420 g/mol. The highest BCUT2D eigenvalue weighted by atomic mass is 35.5. The standard InChI is InChI=1S/C23H21ClN4O2/c24-19-8-4-7-17(13-19)22(30)27-23-25-14-18-15-28(12-11-20(18)26-23)21(29)10-9-16-5-2-1-3-6-16/h1-8,13,15H,9-12,14H2,(H,25,27,30). The zero-order valence-corrected chi connectivity index (χ0v) is 17.1. The van der Waals surface area contributed by atoms with Crippen LogP contribution in [0.1, 0.15) is 28.8 Å². The molecule has 0 fully saturated rings. The fourth-order valence-electron chi connectivity index (χ4n) is 3.40. The molecule has 0 bridgehead atoms. The van der Waals surface area contributed by atoms with Gasteiger partial charge in [-0.2, -0.15) is 0 Å². The number of aryl methyl sites for hydroxylation is 1. The smallest absolute Gasteiger partial charge is 0.258 e. The van der Waals surface area contributed by atoms with Crippen LogP contribution in [0.15, 0.2) is 76.4 Å². The lowest BCUT2D eigenvalue weighted by molar-refractivity contribution is -0.128. The third kappa shape index (κ3) is 4.83. The summed E-state index contributed by atoms with van der Waals surface area (Å²) in [5, 5.41) is 3.22. The number of hydrogen-bond donors (Lipinski definition) is 1. The van der Waals surface area contributed by atoms with Gasteiger partial charge in [-0.1, -0.05) is 48.0 Å². The summed E-state index contributed by atoms with van der Waals surface area (Å²) in [5.74, 6) is 0.0759. The number of nitrogens with zero attached hydrogens (tertiary/aromatic N) is 3. The number of benzene rings is 2. The summed E-state index contributed by atoms with van der Waals surface area (Å²) in [7, 11) is 0. The van der Waals surface area contributed by atoms with Crippen molar-refractivity contribution in [1.29, 1.82) is 0 Å². The molecule has 7 heteroatoms. The van der Waals surface area contributed by atoms with E-state index in [9.17, 15) is 9.59 Å². The van der Waals surface area contributed by atoms with E-state index in [1.807, 2.05) is 36.5 Å². The van der Waals surface area contributed by atoms with Crippen LogP contribution in [0.4, 0.5) is 0 Å². The number of guanidine groups is 1. The highest BCUT2D eigenvalue weighted by molar-refractivity contribution is 6.31. The Balaban J connectivity index is 1.36. The molecule has 0 aliphatic carbocycles. The van der Waals surface area contributed by atoms with Crippen LogP contribution in [0.5, 0.6) is 0 Å². The minimum absolute atomic E-state index is 0.0921. The maximum Gasteiger partial charge on any atom is 0.258 e. The van der Waals surface area contributed by atoms with Crippen LogP contribution in [0, 0.1) is 0 Å². The topological polar surface area (TPSA) is 74.1 Å². The van der Waals surface area contributed by atoms with E-state index in [0.29, 0.717) is 36.5 Å². The lowest BCUT2D eigenvalue weighted by atomic mass is 10.0. The molecule has 2 amide bonds. The molecule has 0 atom stereocenters. The van der Waals surface area contributed by atoms with Gasteiger partial charge in [0, 0.05) is 41.7 Å². The molecule has 152 valence electrons. The number of fused-ring (bicyclic) bond motifs is 1. The van der Waals surface area contributed by atoms with Crippen molar-refractivity contribution in [1.82, 2.24) is 10.2 Å². The molecule has 0 spiro atoms. The largest absolute Gasteiger partial charge is 0.318 e. The first kappa shape index (κ1) is 20.0. The van der Waals surface area contributed by atoms with E-state index in [-0.39, 0.29) is 17.8 Å². The summed E-state index contributed by atoms with van der Waals surface area (Å²) in [6.45, 7) is 0.956. The Morgan fingerprint density at radius 2 is 1.93 bits per heavy atom. The summed E-state index contributed by atoms with van der Waals surface area (Å²) < 4.78 is 0. The van der Waals surface area contributed by atoms with Gasteiger partial charge < -0.3 is 4.90 Å². The lowest BCUT2D eigenvalue weighted by Gasteiger charge is -2.27. The summed E-state index contributed by atoms with van der Waals surface area (Å²) in [5.41, 5.74) is 3.37. The second kappa shape index (κ2) is 9.05. The van der Waals surface area contributed by atoms with E-state index in [1.54, 1.807) is 29.2 Å². The molecule has 0 saturated carbocycles. The predicted octanol–water partition coefficient (Wildman–Crippen LogP) is 3.63. The van der Waals surface area contributed by atoms with Gasteiger partial charge in [0.15, 0.2) is 0 Å². The summed E-state index contributed by atoms with van der Waals surface area (Å²) >= 11 is 5.94. The van der Waals surface area contributed by atoms with Crippen LogP contribution >= 0.6 is 11.6 Å². The highest BCUT2D eigenvalue weighted by Crippen LogP contribution is 2.18. The molecule has 2 aromatic rings. The zero-order chi connectivity index (χ0) is 20.9. The van der Waals surface area contributed by atoms with Crippen LogP contribution < -0.4 is 5.32 Å². The second-order valence-electron chi connectivity index (χ2n) is 7.14. The fraction of sp³-hybridized carbons (Fsp3) is 0.217. The average molecular weight is 421 g/mol. The molecule has 2 heterocycles. The van der Waals surface area contributed by atoms with Crippen LogP contribution in [0.3, 0.4) is 0 Å². The van der Waals surface area contributed by atoms with Gasteiger partial charge in [0.05, 0.1) is 12.3 Å². The Labute approximate surface area is 180 Å². The fourth-order valence-corrected chi connectivity index (χ4v) is 3.59. The number of nitrogens with one attached hydrogen (secondary N) is 1. The van der Waals surface area contributed by atoms with Crippen LogP contribution in [0.25, 0.3) is 0 Å². The Bertz CT molecular complexity index is 1060. The Hall–Kier alpha value is -3.25. The normalized spacial score (nSPS) is 15.5. The van der Waals surface area contributed by atoms with Crippen molar-refractivity contribution in [2.24, 2.45) is 9.98 Å². The van der Waals surface area contributed by atoms with Gasteiger partial charge in [-0.3, -0.25) is 14.9 Å². The molecule has 0 saturated heterocycles. The van der Waals surface area contributed by atoms with Crippen molar-refractivity contribution in [3.63, 3.8) is 0 Å². The van der Waals surface area contributed by atoms with E-state index >= 15 is 0 Å². The van der Waals surface area contributed by atoms with Crippen molar-refractivity contribution in [3.05, 3.63) is 82.5 Å². The molecular weight excluding hydrogens is 400 g/mol. The van der Waals surface area contributed by atoms with Gasteiger partial charge in [0.25, 0.3) is 5.91 Å². The van der Waals surface area contributed by atoms with Crippen molar-refractivity contribution < 1.29 is 9.59 Å². The first-order valence-corrected chi connectivity index (χ1v) is 10.2. The Kier molecular flexibility index (Phi) is 6.05. The van der Waals surface area contributed by atoms with Crippen molar-refractivity contribution in [3.8, 4) is 0 Å². The van der Waals surface area contributed by atoms with Gasteiger partial charge in [-0.25, -0.2) is 9.98 Å². The SMILES string of the molecule is O=C(NC1=NCC2=CN(C(=O)CCc3ccccc3)CCC2=N1)c1cccc(Cl)c1. The molecule has 30 heavy (non-hydrogen) atoms. The van der Waals surface area contributed by atoms with Gasteiger partial charge >= 0.3 is 0 Å². The lowest BCUT2D eigenvalue weighted by Crippen LogP contribution is -2.37. The van der Waals surface area contributed by atoms with Crippen LogP contribution in [-0.2, 0) is 11.2 Å². The van der Waals surface area contributed by atoms with E-state index < -0.39 is 0 Å². The highest BCUT2D eigenvalue weighted by Gasteiger charge is 2.24. The van der Waals surface area contributed by atoms with Gasteiger partial charge in [0.1, 0.15) is 0 Å². The molecule has 0 unspecified atom stereocenters. The zero-order valence-electron chi connectivity index (χ0n) is 16.3. The maximum atomic E-state index is 12.6. The first-order chi connectivity index (χ1) is 14.6. The van der Waals surface area contributed by atoms with Crippen molar-refractivity contribution in [2.45, 2.75) is 19.3 Å². The molecule has 4 rings (SSSR count). The Morgan fingerprint density at radius 3 is 2.73 bits per heavy atom. The minimum atomic E-state index is -0.304. The van der Waals surface area contributed by atoms with E-state index in [4.69, 9.17) is 11.6 Å². The third-order valence-electron chi connectivity index (χ3n) is 5.01. The minimum Gasteiger partial charge on any atom is -0.318 e. The number of carbonyl (C=O) groups excluding carboxylic acids is 2. The molecule has 2 aliphatic rings. The number of aliphatic imine (C=N–C) groups is 2. The molecule has 1 N–H and O–H groups in total. The number of rotatable bonds is 4. The van der Waals surface area contributed by atoms with Gasteiger partial charge in [0.2, 0.25) is 11.9 Å². The maximum absolute atomic E-state index is 12.6. The van der Waals surface area contributed by atoms with Gasteiger partial charge in [-0.15, -0.1) is 0 Å². The number of hydrogen-bond acceptors (Lipinski definition) is 4. The van der Waals surface area contributed by atoms with Crippen molar-refractivity contribution in [2.75, 3.05) is 13.1 Å². The third-order valence-corrected chi connectivity index (χ3v) is 5.25. The number of amides is 2. The first-order valence-electron chi connectivity index (χ1n) is 9.82. The van der Waals surface area contributed by atoms with Crippen LogP contribution in [-0.4, -0.2) is 41.5 Å². The van der Waals surface area contributed by atoms with E-state index in [0.717, 1.165) is 23.3 Å². The average Bonchev–Trinajstić information content (AvgIpc) is 2.77. The molecule has 0 radical (unpaired) electrons. The number of halogens is 1. The molecule has 0 aromatic heterocycles. The van der Waals surface area contributed by atoms with Gasteiger partial charge in [-0.05, 0) is 30.2 Å². The van der Waals surface area contributed by atoms with E-state index in [1.165, 1.54) is 0 Å². The number of carbonyl (C=O) groups is 2. The van der Waals surface area contributed by atoms with Crippen molar-refractivity contribution >= 4 is 35.1 Å².